The first-order valence-electron chi connectivity index (χ1n) is 10.00. The molecule has 1 saturated heterocycles. The molecule has 0 amide bonds. The van der Waals surface area contributed by atoms with Crippen LogP contribution >= 0.6 is 0 Å². The van der Waals surface area contributed by atoms with E-state index >= 15 is 0 Å². The predicted octanol–water partition coefficient (Wildman–Crippen LogP) is 4.55. The number of imidazole rings is 1. The Morgan fingerprint density at radius 3 is 2.79 bits per heavy atom. The van der Waals surface area contributed by atoms with Crippen LogP contribution in [0.2, 0.25) is 0 Å². The Hall–Kier alpha value is -3.80. The van der Waals surface area contributed by atoms with E-state index < -0.39 is 18.1 Å². The van der Waals surface area contributed by atoms with Crippen molar-refractivity contribution in [2.24, 2.45) is 5.92 Å². The number of aromatic nitrogens is 3. The Kier molecular flexibility index (Phi) is 5.08. The number of halogens is 3. The number of hydrogen-bond acceptors (Lipinski definition) is 7. The summed E-state index contributed by atoms with van der Waals surface area (Å²) in [5.74, 6) is -0.890. The number of benzene rings is 2. The fourth-order valence-corrected chi connectivity index (χ4v) is 3.78. The molecule has 1 aliphatic heterocycles. The minimum absolute atomic E-state index is 0.0202. The first-order valence-corrected chi connectivity index (χ1v) is 10.00. The fourth-order valence-electron chi connectivity index (χ4n) is 3.78. The molecule has 1 atom stereocenters. The number of hydrogen-bond donors (Lipinski definition) is 2. The van der Waals surface area contributed by atoms with Crippen molar-refractivity contribution in [1.82, 2.24) is 14.5 Å². The molecule has 0 aliphatic carbocycles. The molecule has 0 saturated carbocycles. The third kappa shape index (κ3) is 4.42. The summed E-state index contributed by atoms with van der Waals surface area (Å²) in [6.45, 7) is 1.82. The molecule has 2 aromatic heterocycles. The Bertz CT molecular complexity index is 1340. The largest absolute Gasteiger partial charge is 0.573 e. The molecule has 3 heterocycles. The zero-order valence-corrected chi connectivity index (χ0v) is 16.9. The number of nitrogens with one attached hydrogen (secondary N) is 1. The molecule has 5 rings (SSSR count). The SMILES string of the molecule is O=C(O)c1ccc2c(c1)nc(Nc1nc3ccc(OC(F)(F)F)cc3o1)n2CC1CCOC1. The number of fused-ring (bicyclic) bond motifs is 2. The van der Waals surface area contributed by atoms with Gasteiger partial charge in [-0.15, -0.1) is 13.2 Å². The molecule has 1 fully saturated rings. The van der Waals surface area contributed by atoms with Gasteiger partial charge in [0.15, 0.2) is 5.58 Å². The van der Waals surface area contributed by atoms with E-state index in [9.17, 15) is 23.1 Å². The molecule has 0 radical (unpaired) electrons. The zero-order chi connectivity index (χ0) is 23.2. The Labute approximate surface area is 183 Å². The van der Waals surface area contributed by atoms with Gasteiger partial charge in [0.2, 0.25) is 5.95 Å². The monoisotopic (exact) mass is 462 g/mol. The van der Waals surface area contributed by atoms with Gasteiger partial charge in [0, 0.05) is 25.1 Å². The highest BCUT2D eigenvalue weighted by molar-refractivity contribution is 5.93. The molecule has 2 N–H and O–H groups in total. The number of ether oxygens (including phenoxy) is 2. The summed E-state index contributed by atoms with van der Waals surface area (Å²) in [5, 5.41) is 12.3. The third-order valence-corrected chi connectivity index (χ3v) is 5.27. The second-order valence-corrected chi connectivity index (χ2v) is 7.61. The van der Waals surface area contributed by atoms with Crippen LogP contribution in [0.3, 0.4) is 0 Å². The van der Waals surface area contributed by atoms with Crippen LogP contribution in [0.5, 0.6) is 5.75 Å². The van der Waals surface area contributed by atoms with Gasteiger partial charge in [0.25, 0.3) is 0 Å². The molecule has 1 unspecified atom stereocenters. The van der Waals surface area contributed by atoms with Gasteiger partial charge >= 0.3 is 18.3 Å². The Balaban J connectivity index is 1.50. The minimum atomic E-state index is -4.82. The smallest absolute Gasteiger partial charge is 0.478 e. The lowest BCUT2D eigenvalue weighted by Crippen LogP contribution is -2.16. The number of nitrogens with zero attached hydrogens (tertiary/aromatic N) is 3. The summed E-state index contributed by atoms with van der Waals surface area (Å²) in [6.07, 6.45) is -3.95. The summed E-state index contributed by atoms with van der Waals surface area (Å²) in [4.78, 5) is 20.1. The molecule has 0 spiro atoms. The first kappa shape index (κ1) is 21.1. The highest BCUT2D eigenvalue weighted by Gasteiger charge is 2.31. The Morgan fingerprint density at radius 1 is 1.21 bits per heavy atom. The second-order valence-electron chi connectivity index (χ2n) is 7.61. The summed E-state index contributed by atoms with van der Waals surface area (Å²) < 4.78 is 54.3. The number of aromatic carboxylic acids is 1. The molecule has 2 aromatic carbocycles. The summed E-state index contributed by atoms with van der Waals surface area (Å²) in [5.41, 5.74) is 1.70. The van der Waals surface area contributed by atoms with Gasteiger partial charge in [-0.05, 0) is 36.8 Å². The van der Waals surface area contributed by atoms with Crippen molar-refractivity contribution in [2.75, 3.05) is 18.5 Å². The average Bonchev–Trinajstić information content (AvgIpc) is 3.46. The standard InChI is InChI=1S/C21H17F3N4O5/c22-21(23,24)33-13-2-3-14-17(8-13)32-20(26-14)27-19-25-15-7-12(18(29)30)1-4-16(15)28(19)9-11-5-6-31-10-11/h1-4,7-8,11H,5-6,9-10H2,(H,29,30)(H,25,26,27). The van der Waals surface area contributed by atoms with Gasteiger partial charge in [-0.1, -0.05) is 0 Å². The normalized spacial score (nSPS) is 16.5. The highest BCUT2D eigenvalue weighted by Crippen LogP contribution is 2.31. The summed E-state index contributed by atoms with van der Waals surface area (Å²) >= 11 is 0. The maximum atomic E-state index is 12.5. The molecule has 4 aromatic rings. The number of carbonyl (C=O) groups is 1. The number of carboxylic acids is 1. The van der Waals surface area contributed by atoms with E-state index in [2.05, 4.69) is 20.0 Å². The van der Waals surface area contributed by atoms with Crippen LogP contribution < -0.4 is 10.1 Å². The fraction of sp³-hybridized carbons (Fsp3) is 0.286. The number of carboxylic acid groups (broad SMARTS) is 1. The van der Waals surface area contributed by atoms with E-state index in [0.717, 1.165) is 18.6 Å². The summed E-state index contributed by atoms with van der Waals surface area (Å²) in [6, 6.07) is 8.26. The minimum Gasteiger partial charge on any atom is -0.478 e. The van der Waals surface area contributed by atoms with Crippen LogP contribution in [0.1, 0.15) is 16.8 Å². The maximum Gasteiger partial charge on any atom is 0.573 e. The van der Waals surface area contributed by atoms with Gasteiger partial charge in [-0.2, -0.15) is 4.98 Å². The molecule has 172 valence electrons. The second kappa shape index (κ2) is 7.96. The topological polar surface area (TPSA) is 112 Å². The van der Waals surface area contributed by atoms with Crippen molar-refractivity contribution in [3.05, 3.63) is 42.0 Å². The van der Waals surface area contributed by atoms with Crippen molar-refractivity contribution in [1.29, 1.82) is 0 Å². The average molecular weight is 462 g/mol. The van der Waals surface area contributed by atoms with Crippen LogP contribution in [0.15, 0.2) is 40.8 Å². The summed E-state index contributed by atoms with van der Waals surface area (Å²) in [7, 11) is 0. The van der Waals surface area contributed by atoms with Gasteiger partial charge in [0.1, 0.15) is 11.3 Å². The molecular formula is C21H17F3N4O5. The van der Waals surface area contributed by atoms with Gasteiger partial charge in [-0.3, -0.25) is 5.32 Å². The lowest BCUT2D eigenvalue weighted by Gasteiger charge is -2.13. The highest BCUT2D eigenvalue weighted by atomic mass is 19.4. The zero-order valence-electron chi connectivity index (χ0n) is 16.9. The van der Waals surface area contributed by atoms with Crippen molar-refractivity contribution < 1.29 is 37.0 Å². The van der Waals surface area contributed by atoms with Crippen molar-refractivity contribution in [3.63, 3.8) is 0 Å². The molecule has 9 nitrogen and oxygen atoms in total. The van der Waals surface area contributed by atoms with Crippen LogP contribution in [-0.4, -0.2) is 45.2 Å². The lowest BCUT2D eigenvalue weighted by molar-refractivity contribution is -0.274. The molecular weight excluding hydrogens is 445 g/mol. The van der Waals surface area contributed by atoms with Crippen molar-refractivity contribution in [2.45, 2.75) is 19.3 Å². The maximum absolute atomic E-state index is 12.5. The first-order chi connectivity index (χ1) is 15.7. The quantitative estimate of drug-likeness (QED) is 0.429. The molecule has 1 aliphatic rings. The Morgan fingerprint density at radius 2 is 2.06 bits per heavy atom. The predicted molar refractivity (Wildman–Crippen MR) is 110 cm³/mol. The van der Waals surface area contributed by atoms with Crippen LogP contribution in [0, 0.1) is 5.92 Å². The number of rotatable bonds is 6. The molecule has 12 heteroatoms. The van der Waals surface area contributed by atoms with E-state index in [1.165, 1.54) is 18.2 Å². The van der Waals surface area contributed by atoms with E-state index in [4.69, 9.17) is 9.15 Å². The van der Waals surface area contributed by atoms with Crippen LogP contribution in [0.4, 0.5) is 25.1 Å². The van der Waals surface area contributed by atoms with Crippen LogP contribution in [0.25, 0.3) is 22.1 Å². The van der Waals surface area contributed by atoms with Gasteiger partial charge < -0.3 is 23.6 Å². The van der Waals surface area contributed by atoms with Gasteiger partial charge in [-0.25, -0.2) is 9.78 Å². The molecule has 0 bridgehead atoms. The van der Waals surface area contributed by atoms with E-state index in [1.54, 1.807) is 6.07 Å². The number of alkyl halides is 3. The van der Waals surface area contributed by atoms with Crippen molar-refractivity contribution in [3.8, 4) is 5.75 Å². The number of oxazole rings is 1. The van der Waals surface area contributed by atoms with E-state index in [1.807, 2.05) is 4.57 Å². The van der Waals surface area contributed by atoms with Gasteiger partial charge in [0.05, 0.1) is 23.2 Å². The lowest BCUT2D eigenvalue weighted by atomic mass is 10.1. The van der Waals surface area contributed by atoms with E-state index in [0.29, 0.717) is 42.3 Å². The van der Waals surface area contributed by atoms with Crippen LogP contribution in [-0.2, 0) is 11.3 Å². The van der Waals surface area contributed by atoms with E-state index in [-0.39, 0.29) is 23.1 Å². The number of anilines is 2. The van der Waals surface area contributed by atoms with Crippen molar-refractivity contribution >= 4 is 40.1 Å². The molecule has 33 heavy (non-hydrogen) atoms. The third-order valence-electron chi connectivity index (χ3n) is 5.27.